The van der Waals surface area contributed by atoms with Crippen molar-refractivity contribution in [1.29, 1.82) is 0 Å². The minimum Gasteiger partial charge on any atom is -0.354 e. The van der Waals surface area contributed by atoms with Crippen LogP contribution in [-0.2, 0) is 21.2 Å². The zero-order valence-electron chi connectivity index (χ0n) is 10.1. The van der Waals surface area contributed by atoms with Crippen molar-refractivity contribution >= 4 is 15.9 Å². The molecule has 0 spiro atoms. The molecule has 1 aromatic rings. The summed E-state index contributed by atoms with van der Waals surface area (Å²) in [6.45, 7) is 2.06. The van der Waals surface area contributed by atoms with Gasteiger partial charge in [0, 0.05) is 6.54 Å². The lowest BCUT2D eigenvalue weighted by Crippen LogP contribution is -2.39. The second-order valence-electron chi connectivity index (χ2n) is 4.02. The van der Waals surface area contributed by atoms with E-state index in [9.17, 15) is 13.2 Å². The molecule has 0 bridgehead atoms. The van der Waals surface area contributed by atoms with Gasteiger partial charge in [-0.1, -0.05) is 12.1 Å². The van der Waals surface area contributed by atoms with Gasteiger partial charge in [0.05, 0.1) is 10.9 Å². The van der Waals surface area contributed by atoms with E-state index in [4.69, 9.17) is 10.9 Å². The van der Waals surface area contributed by atoms with Crippen LogP contribution < -0.4 is 16.2 Å². The number of carbonyl (C=O) groups is 1. The van der Waals surface area contributed by atoms with E-state index in [-0.39, 0.29) is 10.8 Å². The maximum atomic E-state index is 11.2. The first-order valence-corrected chi connectivity index (χ1v) is 7.00. The van der Waals surface area contributed by atoms with Crippen molar-refractivity contribution in [3.63, 3.8) is 0 Å². The van der Waals surface area contributed by atoms with Crippen molar-refractivity contribution < 1.29 is 13.2 Å². The summed E-state index contributed by atoms with van der Waals surface area (Å²) in [4.78, 5) is 11.3. The number of hydrogen-bond donors (Lipinski definition) is 3. The quantitative estimate of drug-likeness (QED) is 0.659. The number of primary sulfonamides is 1. The molecule has 0 unspecified atom stereocenters. The van der Waals surface area contributed by atoms with Crippen molar-refractivity contribution in [3.05, 3.63) is 29.8 Å². The summed E-state index contributed by atoms with van der Waals surface area (Å²) in [6, 6.07) is 5.68. The molecule has 0 aliphatic rings. The lowest BCUT2D eigenvalue weighted by atomic mass is 10.1. The smallest absolute Gasteiger partial charge is 0.238 e. The molecule has 18 heavy (non-hydrogen) atoms. The first kappa shape index (κ1) is 14.6. The van der Waals surface area contributed by atoms with Crippen LogP contribution in [0.5, 0.6) is 0 Å². The zero-order valence-corrected chi connectivity index (χ0v) is 10.9. The van der Waals surface area contributed by atoms with Crippen LogP contribution in [0.15, 0.2) is 29.2 Å². The molecule has 5 N–H and O–H groups in total. The molecule has 6 nitrogen and oxygen atoms in total. The summed E-state index contributed by atoms with van der Waals surface area (Å²) in [5, 5.41) is 7.65. The summed E-state index contributed by atoms with van der Waals surface area (Å²) in [7, 11) is -3.65. The number of sulfonamides is 1. The third-order valence-electron chi connectivity index (χ3n) is 2.38. The van der Waals surface area contributed by atoms with Crippen LogP contribution >= 0.6 is 0 Å². The lowest BCUT2D eigenvalue weighted by molar-refractivity contribution is -0.121. The van der Waals surface area contributed by atoms with Gasteiger partial charge in [0.1, 0.15) is 0 Å². The molecule has 0 radical (unpaired) electrons. The van der Waals surface area contributed by atoms with Crippen molar-refractivity contribution in [2.24, 2.45) is 10.9 Å². The van der Waals surface area contributed by atoms with Gasteiger partial charge in [-0.2, -0.15) is 0 Å². The number of carbonyl (C=O) groups excluding carboxylic acids is 1. The summed E-state index contributed by atoms with van der Waals surface area (Å²) in [6.07, 6.45) is 0.601. The molecule has 0 heterocycles. The van der Waals surface area contributed by atoms with Crippen LogP contribution in [-0.4, -0.2) is 26.9 Å². The van der Waals surface area contributed by atoms with Crippen molar-refractivity contribution in [2.75, 3.05) is 6.54 Å². The minimum atomic E-state index is -3.65. The van der Waals surface area contributed by atoms with Crippen LogP contribution in [0.25, 0.3) is 0 Å². The fourth-order valence-corrected chi connectivity index (χ4v) is 1.85. The largest absolute Gasteiger partial charge is 0.354 e. The summed E-state index contributed by atoms with van der Waals surface area (Å²) in [5.41, 5.74) is 6.30. The van der Waals surface area contributed by atoms with Gasteiger partial charge in [0.25, 0.3) is 0 Å². The monoisotopic (exact) mass is 271 g/mol. The zero-order chi connectivity index (χ0) is 13.8. The minimum absolute atomic E-state index is 0.0749. The Hall–Kier alpha value is -1.44. The number of benzene rings is 1. The first-order chi connectivity index (χ1) is 8.30. The lowest BCUT2D eigenvalue weighted by Gasteiger charge is -2.07. The number of nitrogens with one attached hydrogen (secondary N) is 1. The van der Waals surface area contributed by atoms with Crippen LogP contribution in [0, 0.1) is 0 Å². The molecular formula is C11H17N3O3S. The summed E-state index contributed by atoms with van der Waals surface area (Å²) < 4.78 is 22.1. The van der Waals surface area contributed by atoms with Crippen LogP contribution in [0.3, 0.4) is 0 Å². The third-order valence-corrected chi connectivity index (χ3v) is 3.31. The fourth-order valence-electron chi connectivity index (χ4n) is 1.34. The SMILES string of the molecule is C[C@@H](N)C(=O)NCCc1ccc(S(N)(=O)=O)cc1. The van der Waals surface area contributed by atoms with Gasteiger partial charge in [-0.25, -0.2) is 13.6 Å². The molecule has 1 atom stereocenters. The van der Waals surface area contributed by atoms with Crippen LogP contribution in [0.2, 0.25) is 0 Å². The standard InChI is InChI=1S/C11H17N3O3S/c1-8(12)11(15)14-7-6-9-2-4-10(5-3-9)18(13,16)17/h2-5,8H,6-7,12H2,1H3,(H,14,15)(H2,13,16,17)/t8-/m1/s1. The number of hydrogen-bond acceptors (Lipinski definition) is 4. The highest BCUT2D eigenvalue weighted by atomic mass is 32.2. The topological polar surface area (TPSA) is 115 Å². The summed E-state index contributed by atoms with van der Waals surface area (Å²) >= 11 is 0. The highest BCUT2D eigenvalue weighted by molar-refractivity contribution is 7.89. The number of nitrogens with two attached hydrogens (primary N) is 2. The molecule has 0 saturated carbocycles. The maximum absolute atomic E-state index is 11.2. The summed E-state index contributed by atoms with van der Waals surface area (Å²) in [5.74, 6) is -0.212. The molecule has 1 rings (SSSR count). The Balaban J connectivity index is 2.53. The molecule has 100 valence electrons. The molecule has 0 aliphatic heterocycles. The Morgan fingerprint density at radius 1 is 1.33 bits per heavy atom. The second-order valence-corrected chi connectivity index (χ2v) is 5.58. The van der Waals surface area contributed by atoms with Crippen LogP contribution in [0.4, 0.5) is 0 Å². The normalized spacial score (nSPS) is 13.1. The highest BCUT2D eigenvalue weighted by Gasteiger charge is 2.08. The molecule has 0 saturated heterocycles. The average Bonchev–Trinajstić information content (AvgIpc) is 2.28. The van der Waals surface area contributed by atoms with Crippen molar-refractivity contribution in [3.8, 4) is 0 Å². The molecule has 0 aromatic heterocycles. The van der Waals surface area contributed by atoms with Gasteiger partial charge < -0.3 is 11.1 Å². The highest BCUT2D eigenvalue weighted by Crippen LogP contribution is 2.08. The van der Waals surface area contributed by atoms with Crippen molar-refractivity contribution in [1.82, 2.24) is 5.32 Å². The van der Waals surface area contributed by atoms with E-state index >= 15 is 0 Å². The average molecular weight is 271 g/mol. The molecule has 1 amide bonds. The van der Waals surface area contributed by atoms with Gasteiger partial charge in [-0.15, -0.1) is 0 Å². The molecule has 0 aliphatic carbocycles. The van der Waals surface area contributed by atoms with E-state index in [1.165, 1.54) is 12.1 Å². The van der Waals surface area contributed by atoms with E-state index < -0.39 is 16.1 Å². The fraction of sp³-hybridized carbons (Fsp3) is 0.364. The van der Waals surface area contributed by atoms with Gasteiger partial charge >= 0.3 is 0 Å². The number of rotatable bonds is 5. The Kier molecular flexibility index (Phi) is 4.83. The second kappa shape index (κ2) is 5.94. The van der Waals surface area contributed by atoms with E-state index in [1.807, 2.05) is 0 Å². The predicted molar refractivity (Wildman–Crippen MR) is 68.2 cm³/mol. The van der Waals surface area contributed by atoms with E-state index in [0.29, 0.717) is 13.0 Å². The van der Waals surface area contributed by atoms with Gasteiger partial charge in [-0.05, 0) is 31.0 Å². The molecule has 1 aromatic carbocycles. The Morgan fingerprint density at radius 2 is 1.89 bits per heavy atom. The van der Waals surface area contributed by atoms with Gasteiger partial charge in [-0.3, -0.25) is 4.79 Å². The predicted octanol–water partition coefficient (Wildman–Crippen LogP) is -0.660. The maximum Gasteiger partial charge on any atom is 0.238 e. The Labute approximate surface area is 106 Å². The molecular weight excluding hydrogens is 254 g/mol. The van der Waals surface area contributed by atoms with Gasteiger partial charge in [0.15, 0.2) is 0 Å². The van der Waals surface area contributed by atoms with E-state index in [1.54, 1.807) is 19.1 Å². The third kappa shape index (κ3) is 4.44. The Bertz CT molecular complexity index is 509. The van der Waals surface area contributed by atoms with E-state index in [2.05, 4.69) is 5.32 Å². The molecule has 0 fully saturated rings. The van der Waals surface area contributed by atoms with Crippen molar-refractivity contribution in [2.45, 2.75) is 24.3 Å². The number of amides is 1. The first-order valence-electron chi connectivity index (χ1n) is 5.46. The molecule has 7 heteroatoms. The van der Waals surface area contributed by atoms with Crippen LogP contribution in [0.1, 0.15) is 12.5 Å². The van der Waals surface area contributed by atoms with E-state index in [0.717, 1.165) is 5.56 Å². The Morgan fingerprint density at radius 3 is 2.33 bits per heavy atom. The van der Waals surface area contributed by atoms with Gasteiger partial charge in [0.2, 0.25) is 15.9 Å².